The number of hydrogen-bond donors (Lipinski definition) is 2. The molecule has 6 heteroatoms. The summed E-state index contributed by atoms with van der Waals surface area (Å²) in [4.78, 5) is 12.4. The third kappa shape index (κ3) is 1.72. The van der Waals surface area contributed by atoms with Gasteiger partial charge in [0.2, 0.25) is 5.78 Å². The van der Waals surface area contributed by atoms with E-state index in [0.29, 0.717) is 27.6 Å². The van der Waals surface area contributed by atoms with Crippen molar-refractivity contribution >= 4 is 34.7 Å². The van der Waals surface area contributed by atoms with Crippen LogP contribution in [0.25, 0.3) is 0 Å². The first-order valence-corrected chi connectivity index (χ1v) is 7.29. The van der Waals surface area contributed by atoms with E-state index in [-0.39, 0.29) is 16.5 Å². The summed E-state index contributed by atoms with van der Waals surface area (Å²) in [6.07, 6.45) is 0. The van der Waals surface area contributed by atoms with Crippen LogP contribution in [0.2, 0.25) is 5.02 Å². The fraction of sp³-hybridized carbons (Fsp3) is 0.0625. The molecule has 0 spiro atoms. The lowest BCUT2D eigenvalue weighted by Gasteiger charge is -2.40. The predicted molar refractivity (Wildman–Crippen MR) is 83.3 cm³/mol. The van der Waals surface area contributed by atoms with Gasteiger partial charge in [0.1, 0.15) is 16.5 Å². The number of ketones is 1. The summed E-state index contributed by atoms with van der Waals surface area (Å²) < 4.78 is 5.76. The molecule has 1 aliphatic heterocycles. The molecule has 0 amide bonds. The topological polar surface area (TPSA) is 58.6 Å². The lowest BCUT2D eigenvalue weighted by molar-refractivity contribution is -0.115. The van der Waals surface area contributed by atoms with Gasteiger partial charge in [-0.2, -0.15) is 0 Å². The molecule has 2 aliphatic rings. The lowest BCUT2D eigenvalue weighted by Crippen LogP contribution is -2.45. The first-order valence-electron chi connectivity index (χ1n) is 6.53. The minimum atomic E-state index is -1.83. The fourth-order valence-corrected chi connectivity index (χ4v) is 3.17. The van der Waals surface area contributed by atoms with Crippen molar-refractivity contribution in [2.24, 2.45) is 0 Å². The summed E-state index contributed by atoms with van der Waals surface area (Å²) in [5.41, 5.74) is 1.32. The van der Waals surface area contributed by atoms with Crippen LogP contribution in [0.1, 0.15) is 15.9 Å². The molecule has 0 saturated carbocycles. The van der Waals surface area contributed by atoms with E-state index in [1.54, 1.807) is 42.5 Å². The molecule has 0 bridgehead atoms. The van der Waals surface area contributed by atoms with Crippen molar-refractivity contribution < 1.29 is 14.6 Å². The molecule has 110 valence electrons. The van der Waals surface area contributed by atoms with Gasteiger partial charge >= 0.3 is 0 Å². The first kappa shape index (κ1) is 13.6. The molecule has 1 unspecified atom stereocenters. The van der Waals surface area contributed by atoms with E-state index in [0.717, 1.165) is 0 Å². The second kappa shape index (κ2) is 4.49. The largest absolute Gasteiger partial charge is 0.450 e. The number of rotatable bonds is 0. The molecular formula is C16H9Cl2NO3. The van der Waals surface area contributed by atoms with Gasteiger partial charge in [-0.15, -0.1) is 0 Å². The van der Waals surface area contributed by atoms with E-state index in [1.165, 1.54) is 0 Å². The maximum absolute atomic E-state index is 12.4. The summed E-state index contributed by atoms with van der Waals surface area (Å²) in [5.74, 6) is -1.77. The Morgan fingerprint density at radius 2 is 1.91 bits per heavy atom. The first-order chi connectivity index (χ1) is 10.5. The molecular weight excluding hydrogens is 325 g/mol. The summed E-state index contributed by atoms with van der Waals surface area (Å²) in [7, 11) is 0. The number of anilines is 1. The molecule has 0 aromatic heterocycles. The lowest BCUT2D eigenvalue weighted by atomic mass is 9.87. The number of allylic oxidation sites excluding steroid dienone is 1. The molecule has 0 fully saturated rings. The summed E-state index contributed by atoms with van der Waals surface area (Å²) >= 11 is 12.1. The zero-order valence-corrected chi connectivity index (χ0v) is 12.6. The maximum atomic E-state index is 12.4. The number of Topliss-reactive ketones (excluding diaryl/α,β-unsaturated/α-hetero) is 1. The van der Waals surface area contributed by atoms with Crippen molar-refractivity contribution in [1.29, 1.82) is 0 Å². The molecule has 1 heterocycles. The number of nitrogens with one attached hydrogen (secondary N) is 1. The highest BCUT2D eigenvalue weighted by atomic mass is 35.5. The van der Waals surface area contributed by atoms with Crippen molar-refractivity contribution in [2.45, 2.75) is 5.79 Å². The number of halogens is 2. The van der Waals surface area contributed by atoms with E-state index in [4.69, 9.17) is 27.9 Å². The molecule has 0 saturated heterocycles. The highest BCUT2D eigenvalue weighted by Crippen LogP contribution is 2.48. The molecule has 1 atom stereocenters. The van der Waals surface area contributed by atoms with E-state index in [9.17, 15) is 9.90 Å². The van der Waals surface area contributed by atoms with Crippen LogP contribution in [0.5, 0.6) is 5.75 Å². The van der Waals surface area contributed by atoms with Crippen LogP contribution < -0.4 is 10.1 Å². The van der Waals surface area contributed by atoms with Crippen molar-refractivity contribution in [3.8, 4) is 5.75 Å². The Labute approximate surface area is 135 Å². The Bertz CT molecular complexity index is 862. The molecule has 4 rings (SSSR count). The molecule has 1 aliphatic carbocycles. The number of hydrogen-bond acceptors (Lipinski definition) is 4. The van der Waals surface area contributed by atoms with E-state index in [1.807, 2.05) is 0 Å². The van der Waals surface area contributed by atoms with Gasteiger partial charge < -0.3 is 15.2 Å². The van der Waals surface area contributed by atoms with Gasteiger partial charge in [-0.25, -0.2) is 0 Å². The quantitative estimate of drug-likeness (QED) is 0.772. The molecule has 2 aromatic rings. The van der Waals surface area contributed by atoms with Crippen LogP contribution in [0, 0.1) is 0 Å². The Balaban J connectivity index is 1.99. The number of ether oxygens (including phenoxy) is 1. The maximum Gasteiger partial charge on any atom is 0.279 e. The van der Waals surface area contributed by atoms with Gasteiger partial charge in [0, 0.05) is 16.1 Å². The highest BCUT2D eigenvalue weighted by Gasteiger charge is 2.49. The molecule has 22 heavy (non-hydrogen) atoms. The van der Waals surface area contributed by atoms with Gasteiger partial charge in [-0.1, -0.05) is 47.5 Å². The zero-order valence-electron chi connectivity index (χ0n) is 11.1. The van der Waals surface area contributed by atoms with Crippen LogP contribution >= 0.6 is 23.2 Å². The van der Waals surface area contributed by atoms with E-state index < -0.39 is 5.79 Å². The Hall–Kier alpha value is -2.01. The normalized spacial score (nSPS) is 22.2. The van der Waals surface area contributed by atoms with Gasteiger partial charge in [0.05, 0.1) is 5.69 Å². The molecule has 0 radical (unpaired) electrons. The number of carbonyl (C=O) groups excluding carboxylic acids is 1. The monoisotopic (exact) mass is 333 g/mol. The van der Waals surface area contributed by atoms with Crippen molar-refractivity contribution in [1.82, 2.24) is 0 Å². The van der Waals surface area contributed by atoms with Gasteiger partial charge in [0.15, 0.2) is 0 Å². The Morgan fingerprint density at radius 1 is 1.14 bits per heavy atom. The second-order valence-electron chi connectivity index (χ2n) is 5.08. The van der Waals surface area contributed by atoms with Crippen molar-refractivity contribution in [2.75, 3.05) is 5.32 Å². The van der Waals surface area contributed by atoms with Crippen LogP contribution in [-0.2, 0) is 5.79 Å². The summed E-state index contributed by atoms with van der Waals surface area (Å²) in [6.45, 7) is 0. The fourth-order valence-electron chi connectivity index (χ4n) is 2.72. The minimum absolute atomic E-state index is 0.104. The third-order valence-corrected chi connectivity index (χ3v) is 4.35. The Kier molecular flexibility index (Phi) is 2.78. The molecule has 2 aromatic carbocycles. The zero-order chi connectivity index (χ0) is 15.5. The number of fused-ring (bicyclic) bond motifs is 4. The minimum Gasteiger partial charge on any atom is -0.450 e. The highest BCUT2D eigenvalue weighted by molar-refractivity contribution is 6.46. The van der Waals surface area contributed by atoms with Gasteiger partial charge in [-0.3, -0.25) is 4.79 Å². The number of aliphatic hydroxyl groups is 1. The van der Waals surface area contributed by atoms with E-state index in [2.05, 4.69) is 5.32 Å². The molecule has 2 N–H and O–H groups in total. The van der Waals surface area contributed by atoms with Crippen LogP contribution in [0.4, 0.5) is 5.69 Å². The number of carbonyl (C=O) groups is 1. The van der Waals surface area contributed by atoms with Crippen LogP contribution in [-0.4, -0.2) is 10.9 Å². The summed E-state index contributed by atoms with van der Waals surface area (Å²) in [6, 6.07) is 11.6. The second-order valence-corrected chi connectivity index (χ2v) is 5.89. The standard InChI is InChI=1S/C16H9Cl2NO3/c17-8-5-6-12-11(7-8)19-15-13(18)14(20)9-3-1-2-4-10(9)16(15,21)22-12/h1-7,19,21H. The van der Waals surface area contributed by atoms with E-state index >= 15 is 0 Å². The van der Waals surface area contributed by atoms with Crippen LogP contribution in [0.3, 0.4) is 0 Å². The summed E-state index contributed by atoms with van der Waals surface area (Å²) in [5, 5.41) is 14.4. The predicted octanol–water partition coefficient (Wildman–Crippen LogP) is 3.64. The van der Waals surface area contributed by atoms with Crippen molar-refractivity contribution in [3.05, 3.63) is 69.3 Å². The van der Waals surface area contributed by atoms with Gasteiger partial charge in [-0.05, 0) is 18.2 Å². The van der Waals surface area contributed by atoms with Crippen molar-refractivity contribution in [3.63, 3.8) is 0 Å². The number of benzene rings is 2. The SMILES string of the molecule is O=C1C(Cl)=C2Nc3cc(Cl)ccc3OC2(O)c2ccccc21. The Morgan fingerprint density at radius 3 is 2.73 bits per heavy atom. The van der Waals surface area contributed by atoms with Gasteiger partial charge in [0.25, 0.3) is 5.79 Å². The van der Waals surface area contributed by atoms with Crippen LogP contribution in [0.15, 0.2) is 53.2 Å². The average molecular weight is 334 g/mol. The average Bonchev–Trinajstić information content (AvgIpc) is 2.52. The third-order valence-electron chi connectivity index (χ3n) is 3.75. The smallest absolute Gasteiger partial charge is 0.279 e. The molecule has 4 nitrogen and oxygen atoms in total.